The number of ketones is 1. The third kappa shape index (κ3) is 1.70. The first-order valence-electron chi connectivity index (χ1n) is 8.51. The summed E-state index contributed by atoms with van der Waals surface area (Å²) in [6, 6.07) is 0. The maximum Gasteiger partial charge on any atom is 0.155 e. The molecule has 4 aliphatic carbocycles. The Bertz CT molecular complexity index is 466. The van der Waals surface area contributed by atoms with Crippen molar-refractivity contribution in [1.29, 1.82) is 0 Å². The van der Waals surface area contributed by atoms with Crippen LogP contribution in [0.2, 0.25) is 0 Å². The normalized spacial score (nSPS) is 51.0. The number of aliphatic hydroxyl groups is 1. The summed E-state index contributed by atoms with van der Waals surface area (Å²) in [5.41, 5.74) is 1.65. The van der Waals surface area contributed by atoms with Crippen LogP contribution in [0.15, 0.2) is 11.6 Å². The van der Waals surface area contributed by atoms with E-state index in [1.54, 1.807) is 0 Å². The Balaban J connectivity index is 1.63. The van der Waals surface area contributed by atoms with E-state index in [4.69, 9.17) is 0 Å². The van der Waals surface area contributed by atoms with E-state index >= 15 is 0 Å². The van der Waals surface area contributed by atoms with Crippen LogP contribution in [0.1, 0.15) is 58.3 Å². The topological polar surface area (TPSA) is 37.3 Å². The van der Waals surface area contributed by atoms with Gasteiger partial charge in [0.2, 0.25) is 0 Å². The summed E-state index contributed by atoms with van der Waals surface area (Å²) in [6.07, 6.45) is 10.9. The fourth-order valence-corrected chi connectivity index (χ4v) is 6.15. The van der Waals surface area contributed by atoms with Crippen molar-refractivity contribution < 1.29 is 9.90 Å². The molecular formula is C18H26O2. The maximum absolute atomic E-state index is 11.6. The molecule has 110 valence electrons. The van der Waals surface area contributed by atoms with Gasteiger partial charge in [-0.05, 0) is 80.1 Å². The lowest BCUT2D eigenvalue weighted by molar-refractivity contribution is -0.116. The Labute approximate surface area is 121 Å². The fraction of sp³-hybridized carbons (Fsp3) is 0.833. The third-order valence-corrected chi connectivity index (χ3v) is 7.25. The molecule has 0 radical (unpaired) electrons. The van der Waals surface area contributed by atoms with E-state index in [0.717, 1.165) is 43.4 Å². The number of rotatable bonds is 0. The maximum atomic E-state index is 11.6. The van der Waals surface area contributed by atoms with E-state index in [0.29, 0.717) is 11.7 Å². The minimum Gasteiger partial charge on any atom is -0.393 e. The number of hydrogen-bond acceptors (Lipinski definition) is 2. The lowest BCUT2D eigenvalue weighted by atomic mass is 9.52. The summed E-state index contributed by atoms with van der Waals surface area (Å²) >= 11 is 0. The second-order valence-corrected chi connectivity index (χ2v) is 7.94. The zero-order valence-corrected chi connectivity index (χ0v) is 12.5. The molecule has 4 rings (SSSR count). The van der Waals surface area contributed by atoms with Gasteiger partial charge in [-0.25, -0.2) is 0 Å². The number of aliphatic hydroxyl groups excluding tert-OH is 1. The van der Waals surface area contributed by atoms with Crippen molar-refractivity contribution in [2.45, 2.75) is 64.4 Å². The van der Waals surface area contributed by atoms with Gasteiger partial charge in [-0.15, -0.1) is 0 Å². The number of carbonyl (C=O) groups is 1. The van der Waals surface area contributed by atoms with Crippen LogP contribution in [0.5, 0.6) is 0 Å². The highest BCUT2D eigenvalue weighted by atomic mass is 16.3. The molecule has 6 atom stereocenters. The second kappa shape index (κ2) is 4.43. The van der Waals surface area contributed by atoms with Crippen molar-refractivity contribution in [3.8, 4) is 0 Å². The average molecular weight is 274 g/mol. The quantitative estimate of drug-likeness (QED) is 0.734. The van der Waals surface area contributed by atoms with Crippen molar-refractivity contribution in [2.75, 3.05) is 0 Å². The summed E-state index contributed by atoms with van der Waals surface area (Å²) in [5, 5.41) is 10.4. The number of carbonyl (C=O) groups excluding carboxylic acids is 1. The molecule has 4 unspecified atom stereocenters. The summed E-state index contributed by atoms with van der Waals surface area (Å²) in [6.45, 7) is 2.33. The largest absolute Gasteiger partial charge is 0.393 e. The average Bonchev–Trinajstić information content (AvgIpc) is 2.74. The van der Waals surface area contributed by atoms with Crippen LogP contribution in [0.4, 0.5) is 0 Å². The molecule has 4 aliphatic rings. The van der Waals surface area contributed by atoms with E-state index in [9.17, 15) is 9.90 Å². The summed E-state index contributed by atoms with van der Waals surface area (Å²) in [5.74, 6) is 3.38. The van der Waals surface area contributed by atoms with Crippen LogP contribution >= 0.6 is 0 Å². The summed E-state index contributed by atoms with van der Waals surface area (Å²) in [4.78, 5) is 11.6. The molecule has 0 amide bonds. The molecule has 0 heterocycles. The van der Waals surface area contributed by atoms with Crippen molar-refractivity contribution >= 4 is 5.78 Å². The highest BCUT2D eigenvalue weighted by Crippen LogP contribution is 2.61. The molecule has 0 aromatic rings. The van der Waals surface area contributed by atoms with Gasteiger partial charge in [-0.3, -0.25) is 4.79 Å². The third-order valence-electron chi connectivity index (χ3n) is 7.25. The lowest BCUT2D eigenvalue weighted by Crippen LogP contribution is -2.47. The van der Waals surface area contributed by atoms with Crippen LogP contribution in [0, 0.1) is 29.1 Å². The minimum atomic E-state index is -0.0710. The molecule has 2 nitrogen and oxygen atoms in total. The van der Waals surface area contributed by atoms with Gasteiger partial charge in [-0.1, -0.05) is 12.5 Å². The SMILES string of the molecule is C[C@@]12CCC3C4CCC(=O)C=C4CCC3C1CC[C@@H]2O. The standard InChI is InChI=1S/C18H26O2/c1-18-9-8-14-13-5-3-12(19)10-11(13)2-4-15(14)16(18)6-7-17(18)20/h10,13-17,20H,2-9H2,1H3/t13?,14?,15?,16?,17-,18+/m0/s1. The fourth-order valence-electron chi connectivity index (χ4n) is 6.15. The van der Waals surface area contributed by atoms with Gasteiger partial charge in [0, 0.05) is 6.42 Å². The number of allylic oxidation sites excluding steroid dienone is 1. The predicted molar refractivity (Wildman–Crippen MR) is 78.1 cm³/mol. The molecule has 2 heteroatoms. The van der Waals surface area contributed by atoms with Crippen molar-refractivity contribution in [1.82, 2.24) is 0 Å². The molecule has 3 saturated carbocycles. The molecular weight excluding hydrogens is 248 g/mol. The molecule has 0 aliphatic heterocycles. The minimum absolute atomic E-state index is 0.0710. The zero-order chi connectivity index (χ0) is 13.9. The number of fused-ring (bicyclic) bond motifs is 5. The lowest BCUT2D eigenvalue weighted by Gasteiger charge is -2.53. The van der Waals surface area contributed by atoms with Gasteiger partial charge in [0.15, 0.2) is 5.78 Å². The highest BCUT2D eigenvalue weighted by molar-refractivity contribution is 5.91. The Morgan fingerprint density at radius 2 is 1.95 bits per heavy atom. The Morgan fingerprint density at radius 3 is 2.80 bits per heavy atom. The Kier molecular flexibility index (Phi) is 2.89. The van der Waals surface area contributed by atoms with Crippen LogP contribution in [0.3, 0.4) is 0 Å². The van der Waals surface area contributed by atoms with E-state index in [1.165, 1.54) is 31.3 Å². The second-order valence-electron chi connectivity index (χ2n) is 7.94. The van der Waals surface area contributed by atoms with Crippen molar-refractivity contribution in [3.05, 3.63) is 11.6 Å². The van der Waals surface area contributed by atoms with E-state index < -0.39 is 0 Å². The van der Waals surface area contributed by atoms with E-state index in [-0.39, 0.29) is 11.5 Å². The monoisotopic (exact) mass is 274 g/mol. The molecule has 1 N–H and O–H groups in total. The van der Waals surface area contributed by atoms with Gasteiger partial charge < -0.3 is 5.11 Å². The zero-order valence-electron chi connectivity index (χ0n) is 12.5. The molecule has 0 spiro atoms. The molecule has 0 aromatic carbocycles. The first-order valence-corrected chi connectivity index (χ1v) is 8.51. The van der Waals surface area contributed by atoms with Crippen molar-refractivity contribution in [3.63, 3.8) is 0 Å². The first kappa shape index (κ1) is 13.1. The predicted octanol–water partition coefficient (Wildman–Crippen LogP) is 3.49. The van der Waals surface area contributed by atoms with Gasteiger partial charge >= 0.3 is 0 Å². The summed E-state index contributed by atoms with van der Waals surface area (Å²) < 4.78 is 0. The molecule has 0 bridgehead atoms. The van der Waals surface area contributed by atoms with Gasteiger partial charge in [-0.2, -0.15) is 0 Å². The molecule has 3 fully saturated rings. The van der Waals surface area contributed by atoms with Gasteiger partial charge in [0.1, 0.15) is 0 Å². The van der Waals surface area contributed by atoms with E-state index in [1.807, 2.05) is 6.08 Å². The van der Waals surface area contributed by atoms with Crippen molar-refractivity contribution in [2.24, 2.45) is 29.1 Å². The highest BCUT2D eigenvalue weighted by Gasteiger charge is 2.55. The Hall–Kier alpha value is -0.630. The van der Waals surface area contributed by atoms with Gasteiger partial charge in [0.25, 0.3) is 0 Å². The number of hydrogen-bond donors (Lipinski definition) is 1. The van der Waals surface area contributed by atoms with Crippen LogP contribution in [-0.2, 0) is 4.79 Å². The Morgan fingerprint density at radius 1 is 1.10 bits per heavy atom. The molecule has 0 saturated heterocycles. The summed E-state index contributed by atoms with van der Waals surface area (Å²) in [7, 11) is 0. The molecule has 0 aromatic heterocycles. The van der Waals surface area contributed by atoms with Crippen LogP contribution in [0.25, 0.3) is 0 Å². The van der Waals surface area contributed by atoms with Crippen LogP contribution in [-0.4, -0.2) is 17.0 Å². The van der Waals surface area contributed by atoms with E-state index in [2.05, 4.69) is 6.92 Å². The van der Waals surface area contributed by atoms with Crippen LogP contribution < -0.4 is 0 Å². The van der Waals surface area contributed by atoms with Gasteiger partial charge in [0.05, 0.1) is 6.10 Å². The molecule has 20 heavy (non-hydrogen) atoms. The smallest absolute Gasteiger partial charge is 0.155 e. The first-order chi connectivity index (χ1) is 9.59.